The number of benzene rings is 2. The van der Waals surface area contributed by atoms with Crippen molar-refractivity contribution in [3.05, 3.63) is 65.7 Å². The van der Waals surface area contributed by atoms with Crippen LogP contribution < -0.4 is 10.1 Å². The molecule has 1 N–H and O–H groups in total. The van der Waals surface area contributed by atoms with E-state index in [1.54, 1.807) is 24.3 Å². The first kappa shape index (κ1) is 15.4. The Morgan fingerprint density at radius 3 is 2.24 bits per heavy atom. The van der Waals surface area contributed by atoms with Crippen molar-refractivity contribution in [2.75, 3.05) is 0 Å². The molecule has 1 atom stereocenters. The van der Waals surface area contributed by atoms with Gasteiger partial charge in [0, 0.05) is 12.6 Å². The molecule has 0 bridgehead atoms. The number of halogens is 2. The zero-order valence-electron chi connectivity index (χ0n) is 11.9. The van der Waals surface area contributed by atoms with Crippen molar-refractivity contribution in [2.45, 2.75) is 32.5 Å². The van der Waals surface area contributed by atoms with Crippen LogP contribution in [0.3, 0.4) is 0 Å². The summed E-state index contributed by atoms with van der Waals surface area (Å²) >= 11 is 0. The molecule has 0 radical (unpaired) electrons. The smallest absolute Gasteiger partial charge is 0.387 e. The van der Waals surface area contributed by atoms with Gasteiger partial charge in [0.2, 0.25) is 0 Å². The Bertz CT molecular complexity index is 528. The largest absolute Gasteiger partial charge is 0.435 e. The van der Waals surface area contributed by atoms with Crippen LogP contribution in [0.5, 0.6) is 5.75 Å². The lowest BCUT2D eigenvalue weighted by molar-refractivity contribution is -0.0498. The van der Waals surface area contributed by atoms with Crippen LogP contribution in [-0.2, 0) is 6.54 Å². The summed E-state index contributed by atoms with van der Waals surface area (Å²) in [5, 5.41) is 3.47. The summed E-state index contributed by atoms with van der Waals surface area (Å²) < 4.78 is 28.5. The molecule has 2 aromatic carbocycles. The standard InChI is InChI=1S/C17H19F2NO/c1-2-16(14-6-4-3-5-7-14)20-12-13-8-10-15(11-9-13)21-17(18)19/h3-11,16-17,20H,2,12H2,1H3. The Hall–Kier alpha value is -1.94. The molecule has 21 heavy (non-hydrogen) atoms. The van der Waals surface area contributed by atoms with Gasteiger partial charge in [0.1, 0.15) is 5.75 Å². The fourth-order valence-corrected chi connectivity index (χ4v) is 2.21. The molecule has 0 heterocycles. The Balaban J connectivity index is 1.92. The maximum atomic E-state index is 12.1. The molecule has 112 valence electrons. The summed E-state index contributed by atoms with van der Waals surface area (Å²) in [5.74, 6) is 0.184. The van der Waals surface area contributed by atoms with Gasteiger partial charge in [0.15, 0.2) is 0 Å². The van der Waals surface area contributed by atoms with E-state index in [1.165, 1.54) is 5.56 Å². The summed E-state index contributed by atoms with van der Waals surface area (Å²) in [6.45, 7) is 0.0311. The fourth-order valence-electron chi connectivity index (χ4n) is 2.21. The van der Waals surface area contributed by atoms with Crippen molar-refractivity contribution in [3.63, 3.8) is 0 Å². The molecule has 1 unspecified atom stereocenters. The summed E-state index contributed by atoms with van der Waals surface area (Å²) in [4.78, 5) is 0. The number of rotatable bonds is 7. The van der Waals surface area contributed by atoms with Gasteiger partial charge >= 0.3 is 6.61 Å². The van der Waals surface area contributed by atoms with Crippen LogP contribution >= 0.6 is 0 Å². The van der Waals surface area contributed by atoms with Gasteiger partial charge in [-0.15, -0.1) is 0 Å². The highest BCUT2D eigenvalue weighted by molar-refractivity contribution is 5.27. The second-order valence-electron chi connectivity index (χ2n) is 4.77. The summed E-state index contributed by atoms with van der Waals surface area (Å²) in [6, 6.07) is 17.2. The van der Waals surface area contributed by atoms with Gasteiger partial charge in [-0.25, -0.2) is 0 Å². The Morgan fingerprint density at radius 1 is 1.00 bits per heavy atom. The van der Waals surface area contributed by atoms with Crippen LogP contribution in [0.25, 0.3) is 0 Å². The van der Waals surface area contributed by atoms with Crippen molar-refractivity contribution in [3.8, 4) is 5.75 Å². The summed E-state index contributed by atoms with van der Waals surface area (Å²) in [5.41, 5.74) is 2.28. The first-order valence-corrected chi connectivity index (χ1v) is 7.01. The second kappa shape index (κ2) is 7.74. The summed E-state index contributed by atoms with van der Waals surface area (Å²) in [7, 11) is 0. The van der Waals surface area contributed by atoms with Gasteiger partial charge in [0.25, 0.3) is 0 Å². The quantitative estimate of drug-likeness (QED) is 0.809. The predicted molar refractivity (Wildman–Crippen MR) is 79.4 cm³/mol. The van der Waals surface area contributed by atoms with Gasteiger partial charge < -0.3 is 10.1 Å². The van der Waals surface area contributed by atoms with E-state index in [2.05, 4.69) is 29.1 Å². The van der Waals surface area contributed by atoms with Crippen LogP contribution in [0, 0.1) is 0 Å². The molecular weight excluding hydrogens is 272 g/mol. The van der Waals surface area contributed by atoms with Gasteiger partial charge in [-0.3, -0.25) is 0 Å². The number of hydrogen-bond acceptors (Lipinski definition) is 2. The highest BCUT2D eigenvalue weighted by Crippen LogP contribution is 2.18. The van der Waals surface area contributed by atoms with E-state index in [-0.39, 0.29) is 11.8 Å². The van der Waals surface area contributed by atoms with E-state index in [0.717, 1.165) is 12.0 Å². The lowest BCUT2D eigenvalue weighted by atomic mass is 10.0. The minimum Gasteiger partial charge on any atom is -0.435 e. The van der Waals surface area contributed by atoms with E-state index < -0.39 is 6.61 Å². The first-order valence-electron chi connectivity index (χ1n) is 7.01. The molecule has 2 aromatic rings. The first-order chi connectivity index (χ1) is 10.2. The fraction of sp³-hybridized carbons (Fsp3) is 0.294. The van der Waals surface area contributed by atoms with E-state index in [9.17, 15) is 8.78 Å². The van der Waals surface area contributed by atoms with Crippen LogP contribution in [0.15, 0.2) is 54.6 Å². The van der Waals surface area contributed by atoms with Crippen molar-refractivity contribution >= 4 is 0 Å². The Kier molecular flexibility index (Phi) is 5.69. The third-order valence-electron chi connectivity index (χ3n) is 3.31. The zero-order valence-corrected chi connectivity index (χ0v) is 11.9. The van der Waals surface area contributed by atoms with Crippen molar-refractivity contribution in [1.29, 1.82) is 0 Å². The number of ether oxygens (including phenoxy) is 1. The molecular formula is C17H19F2NO. The van der Waals surface area contributed by atoms with Crippen molar-refractivity contribution in [1.82, 2.24) is 5.32 Å². The van der Waals surface area contributed by atoms with Gasteiger partial charge in [0.05, 0.1) is 0 Å². The van der Waals surface area contributed by atoms with Crippen LogP contribution in [-0.4, -0.2) is 6.61 Å². The molecule has 0 saturated heterocycles. The van der Waals surface area contributed by atoms with Crippen LogP contribution in [0.1, 0.15) is 30.5 Å². The van der Waals surface area contributed by atoms with Crippen LogP contribution in [0.4, 0.5) is 8.78 Å². The van der Waals surface area contributed by atoms with E-state index in [4.69, 9.17) is 0 Å². The molecule has 2 rings (SSSR count). The Morgan fingerprint density at radius 2 is 1.67 bits per heavy atom. The van der Waals surface area contributed by atoms with Crippen molar-refractivity contribution in [2.24, 2.45) is 0 Å². The number of alkyl halides is 2. The Labute approximate surface area is 123 Å². The monoisotopic (exact) mass is 291 g/mol. The highest BCUT2D eigenvalue weighted by Gasteiger charge is 2.08. The van der Waals surface area contributed by atoms with E-state index in [0.29, 0.717) is 6.54 Å². The minimum atomic E-state index is -2.78. The average molecular weight is 291 g/mol. The summed E-state index contributed by atoms with van der Waals surface area (Å²) in [6.07, 6.45) is 0.983. The molecule has 0 spiro atoms. The second-order valence-corrected chi connectivity index (χ2v) is 4.77. The average Bonchev–Trinajstić information content (AvgIpc) is 2.50. The molecule has 0 aromatic heterocycles. The van der Waals surface area contributed by atoms with Gasteiger partial charge in [-0.05, 0) is 29.7 Å². The topological polar surface area (TPSA) is 21.3 Å². The lowest BCUT2D eigenvalue weighted by Crippen LogP contribution is -2.20. The number of nitrogens with one attached hydrogen (secondary N) is 1. The molecule has 0 amide bonds. The van der Waals surface area contributed by atoms with E-state index in [1.807, 2.05) is 18.2 Å². The van der Waals surface area contributed by atoms with Gasteiger partial charge in [-0.2, -0.15) is 8.78 Å². The van der Waals surface area contributed by atoms with Crippen LogP contribution in [0.2, 0.25) is 0 Å². The molecule has 4 heteroatoms. The zero-order chi connectivity index (χ0) is 15.1. The normalized spacial score (nSPS) is 12.4. The minimum absolute atomic E-state index is 0.184. The maximum Gasteiger partial charge on any atom is 0.387 e. The molecule has 0 aliphatic rings. The maximum absolute atomic E-state index is 12.1. The molecule has 0 aliphatic heterocycles. The number of hydrogen-bond donors (Lipinski definition) is 1. The van der Waals surface area contributed by atoms with Crippen molar-refractivity contribution < 1.29 is 13.5 Å². The third kappa shape index (κ3) is 4.83. The lowest BCUT2D eigenvalue weighted by Gasteiger charge is -2.17. The SMILES string of the molecule is CCC(NCc1ccc(OC(F)F)cc1)c1ccccc1. The van der Waals surface area contributed by atoms with E-state index >= 15 is 0 Å². The third-order valence-corrected chi connectivity index (χ3v) is 3.31. The molecule has 0 saturated carbocycles. The van der Waals surface area contributed by atoms with Gasteiger partial charge in [-0.1, -0.05) is 49.4 Å². The molecule has 0 aliphatic carbocycles. The predicted octanol–water partition coefficient (Wildman–Crippen LogP) is 4.53. The highest BCUT2D eigenvalue weighted by atomic mass is 19.3. The molecule has 0 fully saturated rings. The molecule has 2 nitrogen and oxygen atoms in total.